The van der Waals surface area contributed by atoms with Crippen LogP contribution in [-0.4, -0.2) is 55.3 Å². The zero-order valence-electron chi connectivity index (χ0n) is 15.2. The number of hydrogen-bond acceptors (Lipinski definition) is 5. The van der Waals surface area contributed by atoms with Crippen LogP contribution in [0.25, 0.3) is 0 Å². The maximum Gasteiger partial charge on any atom is 0.330 e. The number of nitrogens with zero attached hydrogens (tertiary/aromatic N) is 1. The van der Waals surface area contributed by atoms with Gasteiger partial charge in [0.25, 0.3) is 0 Å². The number of esters is 1. The molecule has 2 amide bonds. The van der Waals surface area contributed by atoms with Crippen molar-refractivity contribution in [2.24, 2.45) is 0 Å². The molecular weight excluding hydrogens is 447 g/mol. The van der Waals surface area contributed by atoms with Gasteiger partial charge in [0.15, 0.2) is 0 Å². The molecule has 1 aromatic rings. The zero-order chi connectivity index (χ0) is 20.7. The van der Waals surface area contributed by atoms with Crippen molar-refractivity contribution in [2.45, 2.75) is 46.3 Å². The summed E-state index contributed by atoms with van der Waals surface area (Å²) in [7, 11) is 0. The lowest BCUT2D eigenvalue weighted by Crippen LogP contribution is -2.70. The largest absolute Gasteiger partial charge is 0.460 e. The molecule has 0 aliphatic carbocycles. The number of alkyl halides is 3. The lowest BCUT2D eigenvalue weighted by molar-refractivity contribution is -0.164. The van der Waals surface area contributed by atoms with E-state index in [1.807, 2.05) is 44.2 Å². The molecule has 2 aliphatic heterocycles. The number of amides is 2. The van der Waals surface area contributed by atoms with E-state index in [0.717, 1.165) is 5.56 Å². The molecule has 2 aliphatic rings. The average molecular weight is 466 g/mol. The average Bonchev–Trinajstić information content (AvgIpc) is 2.86. The summed E-state index contributed by atoms with van der Waals surface area (Å²) in [5, 5.41) is 2.43. The van der Waals surface area contributed by atoms with Crippen molar-refractivity contribution in [3.63, 3.8) is 0 Å². The number of nitrogens with one attached hydrogen (secondary N) is 1. The Labute approximate surface area is 182 Å². The van der Waals surface area contributed by atoms with Crippen LogP contribution in [0.15, 0.2) is 30.3 Å². The van der Waals surface area contributed by atoms with Crippen molar-refractivity contribution in [1.82, 2.24) is 10.2 Å². The van der Waals surface area contributed by atoms with Crippen molar-refractivity contribution in [3.05, 3.63) is 35.9 Å². The van der Waals surface area contributed by atoms with Crippen LogP contribution >= 0.6 is 46.6 Å². The molecule has 0 saturated carbocycles. The molecule has 3 atom stereocenters. The summed E-state index contributed by atoms with van der Waals surface area (Å²) in [6, 6.07) is 7.77. The van der Waals surface area contributed by atoms with Crippen molar-refractivity contribution in [3.8, 4) is 0 Å². The number of ether oxygens (including phenoxy) is 1. The van der Waals surface area contributed by atoms with Gasteiger partial charge in [0.05, 0.1) is 6.42 Å². The van der Waals surface area contributed by atoms with Gasteiger partial charge in [0.1, 0.15) is 24.1 Å². The van der Waals surface area contributed by atoms with Crippen LogP contribution in [0.5, 0.6) is 0 Å². The first-order valence-electron chi connectivity index (χ1n) is 8.56. The highest BCUT2D eigenvalue weighted by Gasteiger charge is 2.64. The van der Waals surface area contributed by atoms with Crippen molar-refractivity contribution >= 4 is 64.3 Å². The molecule has 152 valence electrons. The second-order valence-electron chi connectivity index (χ2n) is 7.19. The fourth-order valence-corrected chi connectivity index (χ4v) is 5.15. The summed E-state index contributed by atoms with van der Waals surface area (Å²) < 4.78 is 2.76. The smallest absolute Gasteiger partial charge is 0.330 e. The van der Waals surface area contributed by atoms with Crippen LogP contribution in [0.2, 0.25) is 0 Å². The molecule has 2 saturated heterocycles. The Balaban J connectivity index is 1.64. The lowest BCUT2D eigenvalue weighted by atomic mass is 9.96. The number of carbonyl (C=O) groups is 3. The molecule has 0 unspecified atom stereocenters. The predicted octanol–water partition coefficient (Wildman–Crippen LogP) is 2.69. The summed E-state index contributed by atoms with van der Waals surface area (Å²) in [6.45, 7) is 3.28. The van der Waals surface area contributed by atoms with E-state index in [4.69, 9.17) is 39.5 Å². The summed E-state index contributed by atoms with van der Waals surface area (Å²) in [4.78, 5) is 38.9. The van der Waals surface area contributed by atoms with E-state index >= 15 is 0 Å². The summed E-state index contributed by atoms with van der Waals surface area (Å²) in [6.07, 6.45) is 0.181. The lowest BCUT2D eigenvalue weighted by Gasteiger charge is -2.44. The molecule has 2 fully saturated rings. The molecule has 10 heteroatoms. The van der Waals surface area contributed by atoms with Crippen LogP contribution < -0.4 is 5.32 Å². The third-order valence-corrected chi connectivity index (χ3v) is 6.47. The second-order valence-corrected chi connectivity index (χ2v) is 11.5. The molecule has 0 aromatic heterocycles. The van der Waals surface area contributed by atoms with Crippen LogP contribution in [0.1, 0.15) is 19.4 Å². The first kappa shape index (κ1) is 21.6. The van der Waals surface area contributed by atoms with Gasteiger partial charge < -0.3 is 15.0 Å². The molecule has 2 heterocycles. The number of fused-ring (bicyclic) bond motifs is 1. The van der Waals surface area contributed by atoms with Gasteiger partial charge in [-0.05, 0) is 19.4 Å². The Kier molecular flexibility index (Phi) is 6.11. The fraction of sp³-hybridized carbons (Fsp3) is 0.500. The topological polar surface area (TPSA) is 75.7 Å². The van der Waals surface area contributed by atoms with E-state index in [9.17, 15) is 14.4 Å². The maximum atomic E-state index is 12.6. The Morgan fingerprint density at radius 3 is 2.50 bits per heavy atom. The number of carbonyl (C=O) groups excluding carboxylic acids is 3. The van der Waals surface area contributed by atoms with Gasteiger partial charge in [-0.15, -0.1) is 11.8 Å². The molecule has 0 radical (unpaired) electrons. The summed E-state index contributed by atoms with van der Waals surface area (Å²) in [5.41, 5.74) is 0.858. The number of thioether (sulfide) groups is 1. The summed E-state index contributed by atoms with van der Waals surface area (Å²) >= 11 is 18.3. The van der Waals surface area contributed by atoms with E-state index in [0.29, 0.717) is 0 Å². The van der Waals surface area contributed by atoms with Gasteiger partial charge >= 0.3 is 5.97 Å². The van der Waals surface area contributed by atoms with Crippen LogP contribution in [-0.2, 0) is 25.5 Å². The minimum absolute atomic E-state index is 0.181. The number of benzene rings is 1. The Hall–Kier alpha value is -1.15. The minimum Gasteiger partial charge on any atom is -0.460 e. The van der Waals surface area contributed by atoms with Crippen LogP contribution in [0.4, 0.5) is 0 Å². The quantitative estimate of drug-likeness (QED) is 0.411. The molecule has 0 spiro atoms. The Morgan fingerprint density at radius 1 is 1.25 bits per heavy atom. The maximum absolute atomic E-state index is 12.6. The monoisotopic (exact) mass is 464 g/mol. The van der Waals surface area contributed by atoms with Gasteiger partial charge in [0, 0.05) is 4.75 Å². The number of rotatable bonds is 5. The van der Waals surface area contributed by atoms with Crippen LogP contribution in [0, 0.1) is 0 Å². The Morgan fingerprint density at radius 2 is 1.89 bits per heavy atom. The normalized spacial score (nSPS) is 25.7. The summed E-state index contributed by atoms with van der Waals surface area (Å²) in [5.74, 6) is -1.20. The number of β-lactam (4-membered cyclic amide) rings is 1. The van der Waals surface area contributed by atoms with Gasteiger partial charge in [0.2, 0.25) is 15.6 Å². The van der Waals surface area contributed by atoms with Gasteiger partial charge in [-0.3, -0.25) is 9.59 Å². The van der Waals surface area contributed by atoms with Crippen molar-refractivity contribution in [2.75, 3.05) is 6.61 Å². The SMILES string of the molecule is CC1(C)S[C@@H]2[C@H](NC(=O)Cc3ccccc3)C(=O)N2[C@@H]1C(=O)OCC(Cl)(Cl)Cl. The van der Waals surface area contributed by atoms with Crippen LogP contribution in [0.3, 0.4) is 0 Å². The fourth-order valence-electron chi connectivity index (χ4n) is 3.36. The van der Waals surface area contributed by atoms with E-state index in [1.54, 1.807) is 0 Å². The highest BCUT2D eigenvalue weighted by Crippen LogP contribution is 2.51. The molecule has 0 bridgehead atoms. The molecule has 3 rings (SSSR count). The first-order valence-corrected chi connectivity index (χ1v) is 10.6. The van der Waals surface area contributed by atoms with E-state index in [-0.39, 0.29) is 23.6 Å². The van der Waals surface area contributed by atoms with Gasteiger partial charge in [-0.1, -0.05) is 65.1 Å². The first-order chi connectivity index (χ1) is 13.0. The molecule has 28 heavy (non-hydrogen) atoms. The van der Waals surface area contributed by atoms with Gasteiger partial charge in [-0.2, -0.15) is 0 Å². The van der Waals surface area contributed by atoms with E-state index < -0.39 is 33.2 Å². The number of hydrogen-bond donors (Lipinski definition) is 1. The predicted molar refractivity (Wildman–Crippen MR) is 109 cm³/mol. The third-order valence-electron chi connectivity index (χ3n) is 4.57. The molecular formula is C18H19Cl3N2O4S. The highest BCUT2D eigenvalue weighted by molar-refractivity contribution is 8.01. The van der Waals surface area contributed by atoms with E-state index in [2.05, 4.69) is 5.32 Å². The van der Waals surface area contributed by atoms with Crippen molar-refractivity contribution in [1.29, 1.82) is 0 Å². The highest BCUT2D eigenvalue weighted by atomic mass is 35.6. The Bertz CT molecular complexity index is 785. The van der Waals surface area contributed by atoms with Crippen molar-refractivity contribution < 1.29 is 19.1 Å². The zero-order valence-corrected chi connectivity index (χ0v) is 18.2. The second kappa shape index (κ2) is 7.94. The minimum atomic E-state index is -1.72. The standard InChI is InChI=1S/C18H19Cl3N2O4S/c1-17(2)13(16(26)27-9-18(19,20)21)23-14(25)12(15(23)28-17)22-11(24)8-10-6-4-3-5-7-10/h3-7,12-13,15H,8-9H2,1-2H3,(H,22,24)/t12-,13-,15-/m1/s1. The third kappa shape index (κ3) is 4.53. The van der Waals surface area contributed by atoms with Gasteiger partial charge in [-0.25, -0.2) is 4.79 Å². The molecule has 1 N–H and O–H groups in total. The molecule has 6 nitrogen and oxygen atoms in total. The van der Waals surface area contributed by atoms with E-state index in [1.165, 1.54) is 16.7 Å². The molecule has 1 aromatic carbocycles. The number of halogens is 3.